The van der Waals surface area contributed by atoms with E-state index >= 15 is 0 Å². The first-order chi connectivity index (χ1) is 4.43. The minimum absolute atomic E-state index is 0.0845. The molecule has 10 heavy (non-hydrogen) atoms. The maximum absolute atomic E-state index is 11.7. The molecular weight excluding hydrogens is 188 g/mol. The Kier molecular flexibility index (Phi) is 2.07. The Balaban J connectivity index is 2.39. The molecule has 1 rings (SSSR count). The lowest BCUT2D eigenvalue weighted by Crippen LogP contribution is -2.13. The van der Waals surface area contributed by atoms with Gasteiger partial charge in [-0.15, -0.1) is 23.2 Å². The van der Waals surface area contributed by atoms with Crippen LogP contribution in [0.25, 0.3) is 0 Å². The average Bonchev–Trinajstić information content (AvgIpc) is 2.35. The second-order valence-electron chi connectivity index (χ2n) is 2.38. The van der Waals surface area contributed by atoms with Crippen LogP contribution in [-0.2, 0) is 0 Å². The van der Waals surface area contributed by atoms with Gasteiger partial charge in [0.1, 0.15) is 4.84 Å². The van der Waals surface area contributed by atoms with Crippen molar-refractivity contribution in [3.8, 4) is 0 Å². The maximum atomic E-state index is 11.7. The van der Waals surface area contributed by atoms with Crippen molar-refractivity contribution in [1.82, 2.24) is 0 Å². The molecule has 0 amide bonds. The van der Waals surface area contributed by atoms with Crippen molar-refractivity contribution in [3.05, 3.63) is 0 Å². The molecule has 0 heterocycles. The number of hydrogen-bond acceptors (Lipinski definition) is 0. The van der Waals surface area contributed by atoms with Gasteiger partial charge in [0.2, 0.25) is 0 Å². The van der Waals surface area contributed by atoms with Gasteiger partial charge in [-0.05, 0) is 6.42 Å². The molecule has 0 aromatic heterocycles. The third kappa shape index (κ3) is 1.70. The molecule has 1 saturated carbocycles. The van der Waals surface area contributed by atoms with Crippen molar-refractivity contribution in [3.63, 3.8) is 0 Å². The van der Waals surface area contributed by atoms with E-state index in [0.29, 0.717) is 0 Å². The van der Waals surface area contributed by atoms with Gasteiger partial charge in [0.25, 0.3) is 0 Å². The zero-order valence-electron chi connectivity index (χ0n) is 4.83. The molecule has 1 aliphatic carbocycles. The highest BCUT2D eigenvalue weighted by atomic mass is 35.5. The zero-order chi connectivity index (χ0) is 7.94. The van der Waals surface area contributed by atoms with Gasteiger partial charge in [0.15, 0.2) is 0 Å². The van der Waals surface area contributed by atoms with E-state index < -0.39 is 22.8 Å². The molecule has 0 N–H and O–H groups in total. The molecule has 0 nitrogen and oxygen atoms in total. The Morgan fingerprint density at radius 1 is 1.30 bits per heavy atom. The van der Waals surface area contributed by atoms with E-state index in [9.17, 15) is 13.2 Å². The minimum Gasteiger partial charge on any atom is -0.171 e. The smallest absolute Gasteiger partial charge is 0.171 e. The summed E-state index contributed by atoms with van der Waals surface area (Å²) >= 11 is 10.5. The van der Waals surface area contributed by atoms with E-state index in [2.05, 4.69) is 0 Å². The molecule has 0 aromatic rings. The largest absolute Gasteiger partial charge is 0.392 e. The molecule has 5 heteroatoms. The van der Waals surface area contributed by atoms with Gasteiger partial charge in [-0.3, -0.25) is 0 Å². The van der Waals surface area contributed by atoms with Crippen molar-refractivity contribution >= 4 is 23.2 Å². The summed E-state index contributed by atoms with van der Waals surface area (Å²) in [5, 5.41) is 0. The molecule has 0 aliphatic heterocycles. The van der Waals surface area contributed by atoms with E-state index in [1.807, 2.05) is 0 Å². The molecule has 0 radical (unpaired) electrons. The second-order valence-corrected chi connectivity index (χ2v) is 3.55. The van der Waals surface area contributed by atoms with Crippen molar-refractivity contribution in [2.75, 3.05) is 0 Å². The third-order valence-electron chi connectivity index (χ3n) is 1.58. The van der Waals surface area contributed by atoms with Crippen LogP contribution in [0.15, 0.2) is 0 Å². The Morgan fingerprint density at radius 2 is 1.80 bits per heavy atom. The Bertz CT molecular complexity index is 131. The normalized spacial score (nSPS) is 33.0. The zero-order valence-corrected chi connectivity index (χ0v) is 6.34. The van der Waals surface area contributed by atoms with E-state index in [1.54, 1.807) is 0 Å². The summed E-state index contributed by atoms with van der Waals surface area (Å²) in [5.74, 6) is -1.82. The molecule has 0 saturated heterocycles. The van der Waals surface area contributed by atoms with E-state index in [-0.39, 0.29) is 6.42 Å². The van der Waals surface area contributed by atoms with Crippen LogP contribution in [0.2, 0.25) is 0 Å². The van der Waals surface area contributed by atoms with Crippen LogP contribution >= 0.6 is 23.2 Å². The molecule has 2 atom stereocenters. The molecule has 0 spiro atoms. The summed E-state index contributed by atoms with van der Waals surface area (Å²) in [5.41, 5.74) is 0. The van der Waals surface area contributed by atoms with Crippen molar-refractivity contribution in [2.45, 2.75) is 17.4 Å². The van der Waals surface area contributed by atoms with Gasteiger partial charge < -0.3 is 0 Å². The van der Waals surface area contributed by atoms with Gasteiger partial charge in [0, 0.05) is 5.92 Å². The summed E-state index contributed by atoms with van der Waals surface area (Å²) in [7, 11) is 0. The highest BCUT2D eigenvalue weighted by Gasteiger charge is 2.57. The summed E-state index contributed by atoms with van der Waals surface area (Å²) < 4.78 is 35.2. The Morgan fingerprint density at radius 3 is 1.90 bits per heavy atom. The number of halogens is 5. The molecule has 1 aliphatic rings. The maximum Gasteiger partial charge on any atom is 0.392 e. The van der Waals surface area contributed by atoms with E-state index in [0.717, 1.165) is 0 Å². The predicted octanol–water partition coefficient (Wildman–Crippen LogP) is 2.99. The lowest BCUT2D eigenvalue weighted by molar-refractivity contribution is -0.150. The lowest BCUT2D eigenvalue weighted by atomic mass is 10.3. The quantitative estimate of drug-likeness (QED) is 0.561. The summed E-state index contributed by atoms with van der Waals surface area (Å²) in [4.78, 5) is -0.869. The highest BCUT2D eigenvalue weighted by molar-refractivity contribution is 6.44. The van der Waals surface area contributed by atoms with Crippen LogP contribution in [0.4, 0.5) is 13.2 Å². The topological polar surface area (TPSA) is 0 Å². The third-order valence-corrected chi connectivity index (χ3v) is 2.23. The fourth-order valence-electron chi connectivity index (χ4n) is 0.869. The van der Waals surface area contributed by atoms with Crippen molar-refractivity contribution < 1.29 is 13.2 Å². The van der Waals surface area contributed by atoms with Gasteiger partial charge in [-0.1, -0.05) is 0 Å². The van der Waals surface area contributed by atoms with Crippen LogP contribution < -0.4 is 0 Å². The summed E-state index contributed by atoms with van der Waals surface area (Å²) in [6, 6.07) is 0. The van der Waals surface area contributed by atoms with Gasteiger partial charge in [-0.2, -0.15) is 13.2 Å². The standard InChI is InChI=1S/C5H5Cl2F3/c6-4(7)2-1-3(2)5(8,9)10/h2-4H,1H2. The SMILES string of the molecule is FC(F)(F)C1CC1C(Cl)Cl. The van der Waals surface area contributed by atoms with Crippen molar-refractivity contribution in [1.29, 1.82) is 0 Å². The predicted molar refractivity (Wildman–Crippen MR) is 33.1 cm³/mol. The fraction of sp³-hybridized carbons (Fsp3) is 1.00. The molecule has 1 fully saturated rings. The van der Waals surface area contributed by atoms with Crippen LogP contribution in [0, 0.1) is 11.8 Å². The molecular formula is C5H5Cl2F3. The number of hydrogen-bond donors (Lipinski definition) is 0. The van der Waals surface area contributed by atoms with Crippen LogP contribution in [0.1, 0.15) is 6.42 Å². The summed E-state index contributed by atoms with van der Waals surface area (Å²) in [6.07, 6.45) is -4.02. The van der Waals surface area contributed by atoms with Crippen LogP contribution in [-0.4, -0.2) is 11.0 Å². The molecule has 0 bridgehead atoms. The Labute approximate surface area is 66.3 Å². The van der Waals surface area contributed by atoms with Gasteiger partial charge >= 0.3 is 6.18 Å². The van der Waals surface area contributed by atoms with E-state index in [1.165, 1.54) is 0 Å². The van der Waals surface area contributed by atoms with Gasteiger partial charge in [0.05, 0.1) is 5.92 Å². The average molecular weight is 193 g/mol. The fourth-order valence-corrected chi connectivity index (χ4v) is 1.43. The van der Waals surface area contributed by atoms with Gasteiger partial charge in [-0.25, -0.2) is 0 Å². The monoisotopic (exact) mass is 192 g/mol. The van der Waals surface area contributed by atoms with Crippen LogP contribution in [0.3, 0.4) is 0 Å². The highest BCUT2D eigenvalue weighted by Crippen LogP contribution is 2.53. The van der Waals surface area contributed by atoms with Crippen LogP contribution in [0.5, 0.6) is 0 Å². The minimum atomic E-state index is -4.10. The molecule has 0 aromatic carbocycles. The first-order valence-corrected chi connectivity index (χ1v) is 3.65. The first-order valence-electron chi connectivity index (χ1n) is 2.78. The van der Waals surface area contributed by atoms with Crippen molar-refractivity contribution in [2.24, 2.45) is 11.8 Å². The Hall–Kier alpha value is 0.370. The number of rotatable bonds is 1. The second kappa shape index (κ2) is 2.45. The summed E-state index contributed by atoms with van der Waals surface area (Å²) in [6.45, 7) is 0. The molecule has 60 valence electrons. The van der Waals surface area contributed by atoms with E-state index in [4.69, 9.17) is 23.2 Å². The first kappa shape index (κ1) is 8.47. The molecule has 2 unspecified atom stereocenters. The lowest BCUT2D eigenvalue weighted by Gasteiger charge is -2.04. The number of alkyl halides is 5.